The van der Waals surface area contributed by atoms with Crippen molar-refractivity contribution >= 4 is 0 Å². The molecule has 0 aromatic carbocycles. The van der Waals surface area contributed by atoms with E-state index in [1.165, 1.54) is 0 Å². The van der Waals surface area contributed by atoms with Gasteiger partial charge in [0.05, 0.1) is 18.3 Å². The molecule has 0 saturated carbocycles. The molecule has 1 rings (SSSR count). The summed E-state index contributed by atoms with van der Waals surface area (Å²) in [6.45, 7) is 8.61. The molecule has 0 bridgehead atoms. The molecule has 80 valence electrons. The second-order valence-electron chi connectivity index (χ2n) is 3.50. The molecule has 1 fully saturated rings. The normalized spacial score (nSPS) is 33.0. The molecular formula is C10H23NO2. The third-order valence-electron chi connectivity index (χ3n) is 2.23. The molecule has 0 radical (unpaired) electrons. The standard InChI is InChI=1S/C8H17NO2.C2H6/c1-5(2)7-3-6(10)8(4-9)11-7;1-2/h5-8,10H,3-4,9H2,1-2H3;1-2H3. The average Bonchev–Trinajstić information content (AvgIpc) is 2.50. The monoisotopic (exact) mass is 189 g/mol. The van der Waals surface area contributed by atoms with Gasteiger partial charge in [0, 0.05) is 13.0 Å². The first-order valence-corrected chi connectivity index (χ1v) is 5.18. The summed E-state index contributed by atoms with van der Waals surface area (Å²) in [5, 5.41) is 9.40. The molecule has 0 aliphatic carbocycles. The predicted molar refractivity (Wildman–Crippen MR) is 54.5 cm³/mol. The summed E-state index contributed by atoms with van der Waals surface area (Å²) >= 11 is 0. The summed E-state index contributed by atoms with van der Waals surface area (Å²) in [5.74, 6) is 0.473. The molecule has 0 aromatic heterocycles. The smallest absolute Gasteiger partial charge is 0.0960 e. The quantitative estimate of drug-likeness (QED) is 0.685. The molecular weight excluding hydrogens is 166 g/mol. The Morgan fingerprint density at radius 1 is 1.46 bits per heavy atom. The lowest BCUT2D eigenvalue weighted by atomic mass is 10.0. The van der Waals surface area contributed by atoms with Gasteiger partial charge in [-0.3, -0.25) is 0 Å². The predicted octanol–water partition coefficient (Wildman–Crippen LogP) is 1.15. The summed E-state index contributed by atoms with van der Waals surface area (Å²) in [5.41, 5.74) is 5.40. The van der Waals surface area contributed by atoms with Crippen molar-refractivity contribution in [3.05, 3.63) is 0 Å². The Morgan fingerprint density at radius 2 is 2.00 bits per heavy atom. The first kappa shape index (κ1) is 12.9. The number of hydrogen-bond acceptors (Lipinski definition) is 3. The third-order valence-corrected chi connectivity index (χ3v) is 2.23. The highest BCUT2D eigenvalue weighted by molar-refractivity contribution is 4.83. The lowest BCUT2D eigenvalue weighted by Crippen LogP contribution is -2.29. The first-order valence-electron chi connectivity index (χ1n) is 5.18. The van der Waals surface area contributed by atoms with Crippen LogP contribution < -0.4 is 5.73 Å². The number of rotatable bonds is 2. The van der Waals surface area contributed by atoms with E-state index in [9.17, 15) is 5.11 Å². The molecule has 3 nitrogen and oxygen atoms in total. The lowest BCUT2D eigenvalue weighted by Gasteiger charge is -2.14. The number of aliphatic hydroxyl groups excluding tert-OH is 1. The third kappa shape index (κ3) is 3.63. The van der Waals surface area contributed by atoms with Crippen molar-refractivity contribution in [1.29, 1.82) is 0 Å². The zero-order chi connectivity index (χ0) is 10.4. The highest BCUT2D eigenvalue weighted by Gasteiger charge is 2.34. The number of hydrogen-bond donors (Lipinski definition) is 2. The fraction of sp³-hybridized carbons (Fsp3) is 1.00. The van der Waals surface area contributed by atoms with Gasteiger partial charge in [0.15, 0.2) is 0 Å². The topological polar surface area (TPSA) is 55.5 Å². The molecule has 3 atom stereocenters. The maximum Gasteiger partial charge on any atom is 0.0960 e. The molecule has 3 N–H and O–H groups in total. The van der Waals surface area contributed by atoms with Crippen molar-refractivity contribution in [2.75, 3.05) is 6.54 Å². The van der Waals surface area contributed by atoms with E-state index in [1.54, 1.807) is 0 Å². The molecule has 0 spiro atoms. The second kappa shape index (κ2) is 6.35. The molecule has 1 saturated heterocycles. The van der Waals surface area contributed by atoms with Gasteiger partial charge in [0.1, 0.15) is 0 Å². The molecule has 0 aromatic rings. The van der Waals surface area contributed by atoms with Gasteiger partial charge in [0.2, 0.25) is 0 Å². The number of ether oxygens (including phenoxy) is 1. The van der Waals surface area contributed by atoms with Gasteiger partial charge in [-0.25, -0.2) is 0 Å². The van der Waals surface area contributed by atoms with Crippen molar-refractivity contribution in [3.63, 3.8) is 0 Å². The molecule has 13 heavy (non-hydrogen) atoms. The Kier molecular flexibility index (Phi) is 6.29. The maximum atomic E-state index is 9.40. The van der Waals surface area contributed by atoms with Crippen LogP contribution >= 0.6 is 0 Å². The van der Waals surface area contributed by atoms with Crippen LogP contribution in [0.5, 0.6) is 0 Å². The van der Waals surface area contributed by atoms with Crippen molar-refractivity contribution in [3.8, 4) is 0 Å². The summed E-state index contributed by atoms with van der Waals surface area (Å²) < 4.78 is 5.51. The van der Waals surface area contributed by atoms with Crippen LogP contribution in [0.3, 0.4) is 0 Å². The Hall–Kier alpha value is -0.120. The van der Waals surface area contributed by atoms with Crippen molar-refractivity contribution in [2.24, 2.45) is 11.7 Å². The zero-order valence-corrected chi connectivity index (χ0v) is 9.16. The van der Waals surface area contributed by atoms with Crippen LogP contribution in [0.25, 0.3) is 0 Å². The number of aliphatic hydroxyl groups is 1. The van der Waals surface area contributed by atoms with Gasteiger partial charge in [-0.05, 0) is 5.92 Å². The SMILES string of the molecule is CC.CC(C)C1CC(O)C(CN)O1. The molecule has 0 amide bonds. The van der Waals surface area contributed by atoms with E-state index in [2.05, 4.69) is 13.8 Å². The maximum absolute atomic E-state index is 9.40. The van der Waals surface area contributed by atoms with Crippen LogP contribution in [-0.4, -0.2) is 30.0 Å². The van der Waals surface area contributed by atoms with Crippen LogP contribution in [0.2, 0.25) is 0 Å². The van der Waals surface area contributed by atoms with Gasteiger partial charge >= 0.3 is 0 Å². The van der Waals surface area contributed by atoms with E-state index in [0.29, 0.717) is 12.5 Å². The van der Waals surface area contributed by atoms with Gasteiger partial charge in [-0.1, -0.05) is 27.7 Å². The minimum atomic E-state index is -0.354. The van der Waals surface area contributed by atoms with Gasteiger partial charge in [0.25, 0.3) is 0 Å². The van der Waals surface area contributed by atoms with Gasteiger partial charge < -0.3 is 15.6 Å². The van der Waals surface area contributed by atoms with Crippen molar-refractivity contribution < 1.29 is 9.84 Å². The fourth-order valence-corrected chi connectivity index (χ4v) is 1.40. The van der Waals surface area contributed by atoms with Crippen LogP contribution in [-0.2, 0) is 4.74 Å². The highest BCUT2D eigenvalue weighted by Crippen LogP contribution is 2.24. The highest BCUT2D eigenvalue weighted by atomic mass is 16.5. The van der Waals surface area contributed by atoms with E-state index in [1.807, 2.05) is 13.8 Å². The zero-order valence-electron chi connectivity index (χ0n) is 9.16. The lowest BCUT2D eigenvalue weighted by molar-refractivity contribution is 0.0000985. The van der Waals surface area contributed by atoms with Crippen LogP contribution in [0.4, 0.5) is 0 Å². The minimum absolute atomic E-state index is 0.137. The summed E-state index contributed by atoms with van der Waals surface area (Å²) in [6.07, 6.45) is 0.438. The van der Waals surface area contributed by atoms with E-state index in [4.69, 9.17) is 10.5 Å². The Morgan fingerprint density at radius 3 is 2.23 bits per heavy atom. The van der Waals surface area contributed by atoms with Gasteiger partial charge in [-0.15, -0.1) is 0 Å². The van der Waals surface area contributed by atoms with Gasteiger partial charge in [-0.2, -0.15) is 0 Å². The molecule has 3 heteroatoms. The van der Waals surface area contributed by atoms with Crippen LogP contribution in [0, 0.1) is 5.92 Å². The van der Waals surface area contributed by atoms with E-state index >= 15 is 0 Å². The summed E-state index contributed by atoms with van der Waals surface area (Å²) in [7, 11) is 0. The van der Waals surface area contributed by atoms with Crippen LogP contribution in [0.15, 0.2) is 0 Å². The molecule has 1 aliphatic rings. The molecule has 1 heterocycles. The summed E-state index contributed by atoms with van der Waals surface area (Å²) in [6, 6.07) is 0. The van der Waals surface area contributed by atoms with E-state index in [0.717, 1.165) is 6.42 Å². The van der Waals surface area contributed by atoms with Crippen LogP contribution in [0.1, 0.15) is 34.1 Å². The Labute approximate surface area is 81.3 Å². The first-order chi connectivity index (χ1) is 6.15. The van der Waals surface area contributed by atoms with E-state index in [-0.39, 0.29) is 18.3 Å². The Bertz CT molecular complexity index is 128. The number of nitrogens with two attached hydrogens (primary N) is 1. The largest absolute Gasteiger partial charge is 0.390 e. The van der Waals surface area contributed by atoms with E-state index < -0.39 is 0 Å². The molecule has 1 aliphatic heterocycles. The molecule has 3 unspecified atom stereocenters. The van der Waals surface area contributed by atoms with Crippen molar-refractivity contribution in [2.45, 2.75) is 52.4 Å². The average molecular weight is 189 g/mol. The van der Waals surface area contributed by atoms with Crippen molar-refractivity contribution in [1.82, 2.24) is 0 Å². The second-order valence-corrected chi connectivity index (χ2v) is 3.50. The fourth-order valence-electron chi connectivity index (χ4n) is 1.40. The summed E-state index contributed by atoms with van der Waals surface area (Å²) in [4.78, 5) is 0. The minimum Gasteiger partial charge on any atom is -0.390 e. The Balaban J connectivity index is 0.000000671.